The number of rotatable bonds is 3. The van der Waals surface area contributed by atoms with E-state index in [1.54, 1.807) is 24.3 Å². The van der Waals surface area contributed by atoms with Crippen molar-refractivity contribution >= 4 is 28.6 Å². The first-order valence-corrected chi connectivity index (χ1v) is 10.2. The van der Waals surface area contributed by atoms with Gasteiger partial charge in [0.25, 0.3) is 0 Å². The molecule has 0 radical (unpaired) electrons. The summed E-state index contributed by atoms with van der Waals surface area (Å²) in [7, 11) is 1.33. The zero-order valence-electron chi connectivity index (χ0n) is 17.2. The Hall–Kier alpha value is -3.28. The van der Waals surface area contributed by atoms with E-state index in [1.165, 1.54) is 7.11 Å². The summed E-state index contributed by atoms with van der Waals surface area (Å²) in [5.74, 6) is -0.453. The number of esters is 1. The summed E-state index contributed by atoms with van der Waals surface area (Å²) >= 11 is 0. The van der Waals surface area contributed by atoms with E-state index in [-0.39, 0.29) is 17.2 Å². The van der Waals surface area contributed by atoms with E-state index in [9.17, 15) is 9.59 Å². The topological polar surface area (TPSA) is 81.2 Å². The molecule has 2 unspecified atom stereocenters. The highest BCUT2D eigenvalue weighted by Crippen LogP contribution is 2.67. The molecule has 2 atom stereocenters. The fraction of sp³-hybridized carbons (Fsp3) is 0.333. The minimum Gasteiger partial charge on any atom is -0.465 e. The average molecular weight is 401 g/mol. The molecule has 1 N–H and O–H groups in total. The predicted octanol–water partition coefficient (Wildman–Crippen LogP) is 4.21. The van der Waals surface area contributed by atoms with Crippen molar-refractivity contribution in [1.29, 1.82) is 0 Å². The normalized spacial score (nSPS) is 23.2. The molecule has 2 aromatic carbocycles. The number of carbonyl (C=O) groups is 2. The molecule has 6 nitrogen and oxygen atoms in total. The summed E-state index contributed by atoms with van der Waals surface area (Å²) in [5.41, 5.74) is 3.00. The largest absolute Gasteiger partial charge is 0.465 e. The first-order chi connectivity index (χ1) is 14.4. The summed E-state index contributed by atoms with van der Waals surface area (Å²) in [6.07, 6.45) is 1.59. The molecule has 30 heavy (non-hydrogen) atoms. The van der Waals surface area contributed by atoms with Crippen LogP contribution in [0.1, 0.15) is 54.4 Å². The van der Waals surface area contributed by atoms with Crippen LogP contribution < -0.4 is 5.32 Å². The van der Waals surface area contributed by atoms with Gasteiger partial charge in [0.15, 0.2) is 0 Å². The first-order valence-electron chi connectivity index (χ1n) is 10.2. The highest BCUT2D eigenvalue weighted by atomic mass is 16.5. The van der Waals surface area contributed by atoms with Gasteiger partial charge in [0, 0.05) is 5.92 Å². The quantitative estimate of drug-likeness (QED) is 0.665. The van der Waals surface area contributed by atoms with Gasteiger partial charge < -0.3 is 10.1 Å². The molecule has 1 aromatic heterocycles. The molecule has 2 bridgehead atoms. The number of aromatic nitrogens is 2. The molecule has 1 saturated carbocycles. The van der Waals surface area contributed by atoms with Crippen molar-refractivity contribution in [2.45, 2.75) is 38.0 Å². The number of hydrogen-bond acceptors (Lipinski definition) is 5. The van der Waals surface area contributed by atoms with Crippen LogP contribution in [-0.4, -0.2) is 29.0 Å². The molecular weight excluding hydrogens is 378 g/mol. The number of amides is 1. The lowest BCUT2D eigenvalue weighted by atomic mass is 9.67. The van der Waals surface area contributed by atoms with Gasteiger partial charge in [-0.25, -0.2) is 14.8 Å². The van der Waals surface area contributed by atoms with E-state index < -0.39 is 11.4 Å². The van der Waals surface area contributed by atoms with Crippen LogP contribution in [0.2, 0.25) is 0 Å². The second-order valence-corrected chi connectivity index (χ2v) is 8.66. The molecule has 5 rings (SSSR count). The molecule has 1 heterocycles. The van der Waals surface area contributed by atoms with E-state index in [0.29, 0.717) is 17.7 Å². The zero-order valence-corrected chi connectivity index (χ0v) is 17.2. The second-order valence-electron chi connectivity index (χ2n) is 8.66. The Morgan fingerprint density at radius 3 is 2.43 bits per heavy atom. The van der Waals surface area contributed by atoms with Crippen molar-refractivity contribution in [3.63, 3.8) is 0 Å². The number of hydrogen-bond donors (Lipinski definition) is 1. The fourth-order valence-corrected chi connectivity index (χ4v) is 5.44. The van der Waals surface area contributed by atoms with Crippen LogP contribution in [0.5, 0.6) is 0 Å². The summed E-state index contributed by atoms with van der Waals surface area (Å²) < 4.78 is 4.88. The molecule has 1 amide bonds. The lowest BCUT2D eigenvalue weighted by Gasteiger charge is -2.36. The van der Waals surface area contributed by atoms with Crippen LogP contribution >= 0.6 is 0 Å². The van der Waals surface area contributed by atoms with E-state index in [4.69, 9.17) is 14.7 Å². The number of benzene rings is 2. The molecule has 2 aliphatic carbocycles. The summed E-state index contributed by atoms with van der Waals surface area (Å²) in [5, 5.41) is 3.02. The van der Waals surface area contributed by atoms with Crippen molar-refractivity contribution in [2.75, 3.05) is 12.4 Å². The Bertz CT molecular complexity index is 1200. The van der Waals surface area contributed by atoms with Crippen LogP contribution in [0.4, 0.5) is 5.69 Å². The second kappa shape index (κ2) is 6.36. The number of ether oxygens (including phenoxy) is 1. The smallest absolute Gasteiger partial charge is 0.339 e. The minimum absolute atomic E-state index is 0.144. The Balaban J connectivity index is 1.63. The monoisotopic (exact) mass is 401 g/mol. The lowest BCUT2D eigenvalue weighted by molar-refractivity contribution is -0.124. The van der Waals surface area contributed by atoms with E-state index in [0.717, 1.165) is 28.8 Å². The number of nitrogens with one attached hydrogen (secondary N) is 1. The van der Waals surface area contributed by atoms with Gasteiger partial charge in [-0.15, -0.1) is 0 Å². The average Bonchev–Trinajstić information content (AvgIpc) is 3.13. The van der Waals surface area contributed by atoms with Crippen LogP contribution in [0.3, 0.4) is 0 Å². The highest BCUT2D eigenvalue weighted by Gasteiger charge is 2.67. The van der Waals surface area contributed by atoms with E-state index in [1.807, 2.05) is 24.3 Å². The van der Waals surface area contributed by atoms with Crippen molar-refractivity contribution in [2.24, 2.45) is 5.41 Å². The zero-order chi connectivity index (χ0) is 21.1. The Kier molecular flexibility index (Phi) is 3.97. The van der Waals surface area contributed by atoms with Gasteiger partial charge in [-0.2, -0.15) is 0 Å². The lowest BCUT2D eigenvalue weighted by Crippen LogP contribution is -2.47. The van der Waals surface area contributed by atoms with Gasteiger partial charge in [-0.1, -0.05) is 38.1 Å². The third-order valence-corrected chi connectivity index (χ3v) is 7.08. The Labute approximate surface area is 174 Å². The number of para-hydroxylation sites is 3. The molecule has 0 saturated heterocycles. The van der Waals surface area contributed by atoms with Crippen LogP contribution in [-0.2, 0) is 14.9 Å². The first kappa shape index (κ1) is 18.7. The molecule has 0 aliphatic heterocycles. The van der Waals surface area contributed by atoms with Crippen LogP contribution in [0, 0.1) is 5.41 Å². The molecule has 1 fully saturated rings. The third-order valence-electron chi connectivity index (χ3n) is 7.08. The fourth-order valence-electron chi connectivity index (χ4n) is 5.44. The number of fused-ring (bicyclic) bond motifs is 6. The van der Waals surface area contributed by atoms with E-state index in [2.05, 4.69) is 19.2 Å². The number of anilines is 1. The molecule has 0 spiro atoms. The molecule has 152 valence electrons. The summed E-state index contributed by atoms with van der Waals surface area (Å²) in [6.45, 7) is 4.26. The van der Waals surface area contributed by atoms with Crippen molar-refractivity contribution < 1.29 is 14.3 Å². The third kappa shape index (κ3) is 2.30. The predicted molar refractivity (Wildman–Crippen MR) is 113 cm³/mol. The molecule has 6 heteroatoms. The maximum Gasteiger partial charge on any atom is 0.339 e. The molecular formula is C24H23N3O3. The molecule has 3 aromatic rings. The van der Waals surface area contributed by atoms with Crippen LogP contribution in [0.25, 0.3) is 11.0 Å². The minimum atomic E-state index is -0.798. The highest BCUT2D eigenvalue weighted by molar-refractivity contribution is 6.06. The maximum atomic E-state index is 13.8. The van der Waals surface area contributed by atoms with Crippen molar-refractivity contribution in [1.82, 2.24) is 9.97 Å². The van der Waals surface area contributed by atoms with Crippen molar-refractivity contribution in [3.8, 4) is 0 Å². The van der Waals surface area contributed by atoms with Gasteiger partial charge in [-0.3, -0.25) is 4.79 Å². The number of methoxy groups -OCH3 is 1. The standard InChI is InChI=1S/C24H23N3O3/c1-23(2)15-12-13-24(23,20-19(15)25-17-10-6-7-11-18(17)26-20)22(29)27-16-9-5-4-8-14(16)21(28)30-3/h4-11,15H,12-13H2,1-3H3,(H,27,29). The number of carbonyl (C=O) groups excluding carboxylic acids is 2. The van der Waals surface area contributed by atoms with Gasteiger partial charge in [0.1, 0.15) is 0 Å². The van der Waals surface area contributed by atoms with Crippen LogP contribution in [0.15, 0.2) is 48.5 Å². The van der Waals surface area contributed by atoms with Gasteiger partial charge in [-0.05, 0) is 42.5 Å². The SMILES string of the molecule is COC(=O)c1ccccc1NC(=O)C12CCC(c3nc4ccccc4nc31)C2(C)C. The van der Waals surface area contributed by atoms with Gasteiger partial charge in [0.2, 0.25) is 5.91 Å². The Morgan fingerprint density at radius 2 is 1.70 bits per heavy atom. The van der Waals surface area contributed by atoms with Crippen molar-refractivity contribution in [3.05, 3.63) is 65.5 Å². The van der Waals surface area contributed by atoms with Gasteiger partial charge in [0.05, 0.1) is 46.2 Å². The number of nitrogens with zero attached hydrogens (tertiary/aromatic N) is 2. The summed E-state index contributed by atoms with van der Waals surface area (Å²) in [4.78, 5) is 35.9. The maximum absolute atomic E-state index is 13.8. The summed E-state index contributed by atoms with van der Waals surface area (Å²) in [6, 6.07) is 14.7. The van der Waals surface area contributed by atoms with E-state index >= 15 is 0 Å². The Morgan fingerprint density at radius 1 is 1.03 bits per heavy atom. The molecule has 2 aliphatic rings. The van der Waals surface area contributed by atoms with Gasteiger partial charge >= 0.3 is 5.97 Å².